The van der Waals surface area contributed by atoms with E-state index < -0.39 is 14.1 Å². The summed E-state index contributed by atoms with van der Waals surface area (Å²) in [4.78, 5) is 11.9. The van der Waals surface area contributed by atoms with Crippen LogP contribution in [-0.2, 0) is 4.52 Å². The average Bonchev–Trinajstić information content (AvgIpc) is 2.58. The Morgan fingerprint density at radius 1 is 1.08 bits per heavy atom. The van der Waals surface area contributed by atoms with Crippen LogP contribution in [0.2, 0.25) is 0 Å². The predicted molar refractivity (Wildman–Crippen MR) is 88.1 cm³/mol. The van der Waals surface area contributed by atoms with Crippen molar-refractivity contribution in [1.82, 2.24) is 0 Å². The van der Waals surface area contributed by atoms with Crippen LogP contribution in [0.4, 0.5) is 13.2 Å². The molecule has 0 bridgehead atoms. The minimum Gasteiger partial charge on any atom is -1.00 e. The van der Waals surface area contributed by atoms with Gasteiger partial charge in [-0.1, -0.05) is 30.3 Å². The second kappa shape index (κ2) is 9.99. The fourth-order valence-corrected chi connectivity index (χ4v) is 3.22. The van der Waals surface area contributed by atoms with Crippen molar-refractivity contribution in [3.63, 3.8) is 0 Å². The number of carbonyl (C=O) groups is 1. The number of ketones is 1. The monoisotopic (exact) mass is 364 g/mol. The summed E-state index contributed by atoms with van der Waals surface area (Å²) in [6, 6.07) is 14.1. The first-order valence-electron chi connectivity index (χ1n) is 7.23. The summed E-state index contributed by atoms with van der Waals surface area (Å²) in [7, 11) is -2.69. The quantitative estimate of drug-likeness (QED) is 0.426. The molecule has 130 valence electrons. The van der Waals surface area contributed by atoms with E-state index in [2.05, 4.69) is 0 Å². The molecule has 0 saturated carbocycles. The third-order valence-electron chi connectivity index (χ3n) is 3.03. The minimum absolute atomic E-state index is 0. The van der Waals surface area contributed by atoms with E-state index in [-0.39, 0.29) is 44.6 Å². The van der Waals surface area contributed by atoms with Gasteiger partial charge in [0.1, 0.15) is 5.75 Å². The predicted octanol–water partition coefficient (Wildman–Crippen LogP) is 1.64. The maximum atomic E-state index is 13.0. The molecule has 0 aromatic heterocycles. The van der Waals surface area contributed by atoms with Gasteiger partial charge >= 0.3 is 24.8 Å². The van der Waals surface area contributed by atoms with Crippen LogP contribution in [-0.4, -0.2) is 24.9 Å². The van der Waals surface area contributed by atoms with Crippen molar-refractivity contribution in [2.24, 2.45) is 0 Å². The third kappa shape index (κ3) is 6.49. The first kappa shape index (κ1) is 21.7. The molecule has 2 rings (SSSR count). The molecule has 2 aromatic carbocycles. The van der Waals surface area contributed by atoms with Crippen LogP contribution >= 0.6 is 8.15 Å². The van der Waals surface area contributed by atoms with Gasteiger partial charge in [0.2, 0.25) is 0 Å². The van der Waals surface area contributed by atoms with Crippen molar-refractivity contribution in [1.29, 1.82) is 0 Å². The number of benzene rings is 2. The molecule has 1 unspecified atom stereocenters. The van der Waals surface area contributed by atoms with Crippen molar-refractivity contribution in [2.75, 3.05) is 13.2 Å². The number of Topliss-reactive ketones (excluding diaryl/α,β-unsaturated/α-hetero) is 1. The van der Waals surface area contributed by atoms with Crippen LogP contribution in [0.25, 0.3) is 0 Å². The Bertz CT molecular complexity index is 669. The Kier molecular flexibility index (Phi) is 8.68. The molecule has 0 heterocycles. The van der Waals surface area contributed by atoms with Crippen LogP contribution in [0.15, 0.2) is 54.6 Å². The summed E-state index contributed by atoms with van der Waals surface area (Å²) in [5.41, 5.74) is 0.519. The average molecular weight is 364 g/mol. The van der Waals surface area contributed by atoms with Gasteiger partial charge in [-0.3, -0.25) is 4.79 Å². The molecule has 3 nitrogen and oxygen atoms in total. The molecule has 0 amide bonds. The van der Waals surface area contributed by atoms with Crippen molar-refractivity contribution < 1.29 is 47.5 Å². The zero-order valence-corrected chi connectivity index (χ0v) is 14.8. The molecular formula is C17H17F3LiO3P. The molecule has 0 aliphatic carbocycles. The number of hydrogen-bond acceptors (Lipinski definition) is 3. The molecule has 25 heavy (non-hydrogen) atoms. The van der Waals surface area contributed by atoms with Crippen molar-refractivity contribution >= 4 is 19.2 Å². The summed E-state index contributed by atoms with van der Waals surface area (Å²) in [6.45, 7) is 1.33. The molecule has 0 saturated heterocycles. The van der Waals surface area contributed by atoms with Crippen LogP contribution in [0.5, 0.6) is 5.75 Å². The maximum absolute atomic E-state index is 13.0. The number of carbonyl (C=O) groups excluding carboxylic acids is 1. The Balaban J connectivity index is 0.00000312. The maximum Gasteiger partial charge on any atom is 1.00 e. The normalized spacial score (nSPS) is 12.2. The summed E-state index contributed by atoms with van der Waals surface area (Å²) in [5.74, 6) is -4.29. The smallest absolute Gasteiger partial charge is 1.00 e. The Morgan fingerprint density at radius 3 is 2.20 bits per heavy atom. The topological polar surface area (TPSA) is 35.5 Å². The van der Waals surface area contributed by atoms with Gasteiger partial charge in [0.05, 0.1) is 0 Å². The van der Waals surface area contributed by atoms with E-state index in [1.165, 1.54) is 31.2 Å². The molecule has 0 fully saturated rings. The van der Waals surface area contributed by atoms with E-state index in [1.54, 1.807) is 30.3 Å². The first-order chi connectivity index (χ1) is 11.4. The number of alkyl halides is 3. The number of halogens is 3. The van der Waals surface area contributed by atoms with E-state index in [9.17, 15) is 18.0 Å². The Hall–Kier alpha value is -1.31. The molecule has 0 spiro atoms. The summed E-state index contributed by atoms with van der Waals surface area (Å²) in [5, 5.41) is 0.0566. The van der Waals surface area contributed by atoms with Crippen LogP contribution in [0.3, 0.4) is 0 Å². The molecule has 8 heteroatoms. The molecule has 0 N–H and O–H groups in total. The van der Waals surface area contributed by atoms with Crippen LogP contribution in [0.1, 0.15) is 18.7 Å². The summed E-state index contributed by atoms with van der Waals surface area (Å²) >= 11 is 0. The van der Waals surface area contributed by atoms with Gasteiger partial charge < -0.3 is 10.7 Å². The van der Waals surface area contributed by atoms with Crippen molar-refractivity contribution in [2.45, 2.75) is 12.8 Å². The van der Waals surface area contributed by atoms with Gasteiger partial charge in [0.25, 0.3) is 0 Å². The summed E-state index contributed by atoms with van der Waals surface area (Å²) < 4.78 is 49.1. The number of rotatable bonds is 7. The van der Waals surface area contributed by atoms with Crippen LogP contribution in [0, 0.1) is 0 Å². The van der Waals surface area contributed by atoms with Gasteiger partial charge in [-0.25, -0.2) is 0 Å². The standard InChI is InChI=1S/C17H16F3O3P.Li.H/c1-2-23-24(17(18,19)20)15-10-8-14(9-11-15)22-12-16(21)13-6-4-3-5-7-13;;/h3-11H,2,12H2,1H3;;/q;+1;-1. The number of ether oxygens (including phenoxy) is 1. The first-order valence-corrected chi connectivity index (χ1v) is 8.48. The third-order valence-corrected chi connectivity index (χ3v) is 4.77. The summed E-state index contributed by atoms with van der Waals surface area (Å²) in [6.07, 6.45) is 0. The van der Waals surface area contributed by atoms with E-state index in [4.69, 9.17) is 9.26 Å². The molecule has 0 aliphatic heterocycles. The second-order valence-electron chi connectivity index (χ2n) is 4.75. The fraction of sp³-hybridized carbons (Fsp3) is 0.235. The zero-order valence-electron chi connectivity index (χ0n) is 14.9. The molecule has 0 aliphatic rings. The van der Waals surface area contributed by atoms with Gasteiger partial charge in [-0.2, -0.15) is 13.2 Å². The molecule has 1 atom stereocenters. The molecule has 2 aromatic rings. The Morgan fingerprint density at radius 2 is 1.68 bits per heavy atom. The Labute approximate surface area is 159 Å². The largest absolute Gasteiger partial charge is 1.00 e. The SMILES string of the molecule is CCOP(c1ccc(OCC(=O)c2ccccc2)cc1)C(F)(F)F.[H-].[Li+]. The van der Waals surface area contributed by atoms with E-state index >= 15 is 0 Å². The second-order valence-corrected chi connectivity index (χ2v) is 6.62. The van der Waals surface area contributed by atoms with Crippen LogP contribution < -0.4 is 28.9 Å². The van der Waals surface area contributed by atoms with Gasteiger partial charge in [0, 0.05) is 17.5 Å². The fourth-order valence-electron chi connectivity index (χ4n) is 1.96. The van der Waals surface area contributed by atoms with E-state index in [1.807, 2.05) is 0 Å². The van der Waals surface area contributed by atoms with E-state index in [0.717, 1.165) is 0 Å². The minimum atomic E-state index is -4.42. The van der Waals surface area contributed by atoms with E-state index in [0.29, 0.717) is 11.3 Å². The van der Waals surface area contributed by atoms with Crippen molar-refractivity contribution in [3.8, 4) is 5.75 Å². The molecular weight excluding hydrogens is 347 g/mol. The number of hydrogen-bond donors (Lipinski definition) is 0. The zero-order chi connectivity index (χ0) is 17.6. The molecule has 0 radical (unpaired) electrons. The van der Waals surface area contributed by atoms with Gasteiger partial charge in [-0.05, 0) is 31.2 Å². The van der Waals surface area contributed by atoms with Gasteiger partial charge in [-0.15, -0.1) is 0 Å². The van der Waals surface area contributed by atoms with Crippen molar-refractivity contribution in [3.05, 3.63) is 60.2 Å². The van der Waals surface area contributed by atoms with Gasteiger partial charge in [0.15, 0.2) is 20.5 Å².